The first-order chi connectivity index (χ1) is 7.97. The Labute approximate surface area is 99.0 Å². The molecule has 1 amide bonds. The van der Waals surface area contributed by atoms with E-state index >= 15 is 0 Å². The van der Waals surface area contributed by atoms with Gasteiger partial charge in [-0.15, -0.1) is 0 Å². The van der Waals surface area contributed by atoms with E-state index in [2.05, 4.69) is 10.5 Å². The molecule has 1 heterocycles. The van der Waals surface area contributed by atoms with Gasteiger partial charge in [0.25, 0.3) is 0 Å². The Hall–Kier alpha value is -1.85. The van der Waals surface area contributed by atoms with E-state index in [4.69, 9.17) is 9.63 Å². The quantitative estimate of drug-likeness (QED) is 0.776. The molecule has 0 aliphatic heterocycles. The number of nitrogens with one attached hydrogen (secondary N) is 1. The molecule has 0 aromatic carbocycles. The lowest BCUT2D eigenvalue weighted by molar-refractivity contribution is -0.138. The number of aryl methyl sites for hydroxylation is 1. The van der Waals surface area contributed by atoms with Crippen molar-refractivity contribution in [3.8, 4) is 0 Å². The topological polar surface area (TPSA) is 92.4 Å². The van der Waals surface area contributed by atoms with Crippen molar-refractivity contribution in [3.05, 3.63) is 17.5 Å². The number of amides is 1. The summed E-state index contributed by atoms with van der Waals surface area (Å²) in [6.07, 6.45) is 0.194. The minimum absolute atomic E-state index is 0.00348. The minimum Gasteiger partial charge on any atom is -0.481 e. The van der Waals surface area contributed by atoms with Crippen molar-refractivity contribution >= 4 is 11.9 Å². The minimum atomic E-state index is -0.891. The Morgan fingerprint density at radius 2 is 2.24 bits per heavy atom. The zero-order valence-corrected chi connectivity index (χ0v) is 9.90. The molecule has 94 valence electrons. The number of nitrogens with zero attached hydrogens (tertiary/aromatic N) is 1. The van der Waals surface area contributed by atoms with E-state index in [0.717, 1.165) is 0 Å². The van der Waals surface area contributed by atoms with Crippen molar-refractivity contribution < 1.29 is 19.2 Å². The monoisotopic (exact) mass is 240 g/mol. The van der Waals surface area contributed by atoms with Crippen LogP contribution >= 0.6 is 0 Å². The van der Waals surface area contributed by atoms with Crippen LogP contribution in [-0.4, -0.2) is 22.1 Å². The maximum atomic E-state index is 11.5. The zero-order chi connectivity index (χ0) is 12.8. The lowest BCUT2D eigenvalue weighted by atomic mass is 10.0. The molecule has 0 radical (unpaired) electrons. The lowest BCUT2D eigenvalue weighted by Crippen LogP contribution is -2.25. The molecule has 17 heavy (non-hydrogen) atoms. The number of hydrogen-bond acceptors (Lipinski definition) is 4. The molecule has 0 aliphatic carbocycles. The molecule has 0 fully saturated rings. The summed E-state index contributed by atoms with van der Waals surface area (Å²) in [5.41, 5.74) is 0.654. The highest BCUT2D eigenvalue weighted by Crippen LogP contribution is 2.07. The largest absolute Gasteiger partial charge is 0.481 e. The van der Waals surface area contributed by atoms with Gasteiger partial charge in [-0.25, -0.2) is 0 Å². The Morgan fingerprint density at radius 1 is 1.53 bits per heavy atom. The Kier molecular flexibility index (Phi) is 4.68. The highest BCUT2D eigenvalue weighted by Gasteiger charge is 2.12. The van der Waals surface area contributed by atoms with Gasteiger partial charge in [0.05, 0.1) is 6.54 Å². The molecule has 1 unspecified atom stereocenters. The second-order valence-corrected chi connectivity index (χ2v) is 4.11. The SMILES string of the molecule is Cc1cc(CNC(=O)CC(C)CC(=O)O)no1. The molecule has 0 spiro atoms. The highest BCUT2D eigenvalue weighted by atomic mass is 16.5. The second kappa shape index (κ2) is 6.03. The van der Waals surface area contributed by atoms with Crippen molar-refractivity contribution in [3.63, 3.8) is 0 Å². The van der Waals surface area contributed by atoms with Crippen LogP contribution in [0, 0.1) is 12.8 Å². The van der Waals surface area contributed by atoms with Gasteiger partial charge in [0.15, 0.2) is 0 Å². The third kappa shape index (κ3) is 5.14. The molecule has 0 bridgehead atoms. The number of hydrogen-bond donors (Lipinski definition) is 2. The van der Waals surface area contributed by atoms with Crippen molar-refractivity contribution in [2.24, 2.45) is 5.92 Å². The fourth-order valence-electron chi connectivity index (χ4n) is 1.45. The van der Waals surface area contributed by atoms with E-state index in [0.29, 0.717) is 18.0 Å². The van der Waals surface area contributed by atoms with Gasteiger partial charge in [-0.3, -0.25) is 9.59 Å². The summed E-state index contributed by atoms with van der Waals surface area (Å²) < 4.78 is 4.85. The van der Waals surface area contributed by atoms with E-state index in [9.17, 15) is 9.59 Å². The van der Waals surface area contributed by atoms with Crippen molar-refractivity contribution in [2.75, 3.05) is 0 Å². The van der Waals surface area contributed by atoms with Crippen LogP contribution in [0.15, 0.2) is 10.6 Å². The number of carboxylic acids is 1. The van der Waals surface area contributed by atoms with Crippen LogP contribution in [0.25, 0.3) is 0 Å². The summed E-state index contributed by atoms with van der Waals surface area (Å²) in [5.74, 6) is -0.558. The van der Waals surface area contributed by atoms with Gasteiger partial charge in [-0.2, -0.15) is 0 Å². The summed E-state index contributed by atoms with van der Waals surface area (Å²) in [4.78, 5) is 21.9. The molecule has 1 atom stereocenters. The smallest absolute Gasteiger partial charge is 0.303 e. The summed E-state index contributed by atoms with van der Waals surface area (Å²) in [7, 11) is 0. The molecule has 0 saturated carbocycles. The normalized spacial score (nSPS) is 12.1. The average Bonchev–Trinajstić information content (AvgIpc) is 2.59. The molecule has 2 N–H and O–H groups in total. The number of carbonyl (C=O) groups excluding carboxylic acids is 1. The summed E-state index contributed by atoms with van der Waals surface area (Å²) in [5, 5.41) is 14.9. The number of carbonyl (C=O) groups is 2. The van der Waals surface area contributed by atoms with Crippen LogP contribution in [0.5, 0.6) is 0 Å². The first-order valence-corrected chi connectivity index (χ1v) is 5.38. The van der Waals surface area contributed by atoms with Gasteiger partial charge in [0.1, 0.15) is 11.5 Å². The van der Waals surface area contributed by atoms with Crippen LogP contribution in [-0.2, 0) is 16.1 Å². The van der Waals surface area contributed by atoms with Gasteiger partial charge in [-0.1, -0.05) is 12.1 Å². The molecular weight excluding hydrogens is 224 g/mol. The van der Waals surface area contributed by atoms with E-state index in [1.54, 1.807) is 19.9 Å². The number of aliphatic carboxylic acids is 1. The molecule has 1 rings (SSSR count). The highest BCUT2D eigenvalue weighted by molar-refractivity contribution is 5.77. The molecular formula is C11H16N2O4. The third-order valence-electron chi connectivity index (χ3n) is 2.20. The first kappa shape index (κ1) is 13.2. The van der Waals surface area contributed by atoms with Crippen molar-refractivity contribution in [2.45, 2.75) is 33.2 Å². The van der Waals surface area contributed by atoms with Gasteiger partial charge in [-0.05, 0) is 12.8 Å². The number of aromatic nitrogens is 1. The Balaban J connectivity index is 2.28. The van der Waals surface area contributed by atoms with Gasteiger partial charge >= 0.3 is 5.97 Å². The molecule has 6 heteroatoms. The van der Waals surface area contributed by atoms with E-state index < -0.39 is 5.97 Å². The van der Waals surface area contributed by atoms with Crippen molar-refractivity contribution in [1.29, 1.82) is 0 Å². The van der Waals surface area contributed by atoms with E-state index in [1.807, 2.05) is 0 Å². The van der Waals surface area contributed by atoms with Crippen LogP contribution in [0.4, 0.5) is 0 Å². The van der Waals surface area contributed by atoms with Crippen LogP contribution in [0.2, 0.25) is 0 Å². The fourth-order valence-corrected chi connectivity index (χ4v) is 1.45. The van der Waals surface area contributed by atoms with Crippen LogP contribution in [0.1, 0.15) is 31.2 Å². The lowest BCUT2D eigenvalue weighted by Gasteiger charge is -2.08. The van der Waals surface area contributed by atoms with Gasteiger partial charge in [0, 0.05) is 18.9 Å². The molecule has 6 nitrogen and oxygen atoms in total. The third-order valence-corrected chi connectivity index (χ3v) is 2.20. The molecule has 1 aromatic rings. The van der Waals surface area contributed by atoms with Crippen LogP contribution < -0.4 is 5.32 Å². The first-order valence-electron chi connectivity index (χ1n) is 5.38. The predicted octanol–water partition coefficient (Wildman–Crippen LogP) is 1.10. The predicted molar refractivity (Wildman–Crippen MR) is 59.1 cm³/mol. The Morgan fingerprint density at radius 3 is 2.76 bits per heavy atom. The standard InChI is InChI=1S/C11H16N2O4/c1-7(4-11(15)16)3-10(14)12-6-9-5-8(2)17-13-9/h5,7H,3-4,6H2,1-2H3,(H,12,14)(H,15,16). The fraction of sp³-hybridized carbons (Fsp3) is 0.545. The number of rotatable bonds is 6. The van der Waals surface area contributed by atoms with Crippen molar-refractivity contribution in [1.82, 2.24) is 10.5 Å². The maximum Gasteiger partial charge on any atom is 0.303 e. The molecule has 0 aliphatic rings. The number of carboxylic acid groups (broad SMARTS) is 1. The van der Waals surface area contributed by atoms with Crippen LogP contribution in [0.3, 0.4) is 0 Å². The van der Waals surface area contributed by atoms with Gasteiger partial charge < -0.3 is 14.9 Å². The van der Waals surface area contributed by atoms with E-state index in [1.165, 1.54) is 0 Å². The van der Waals surface area contributed by atoms with Gasteiger partial charge in [0.2, 0.25) is 5.91 Å². The molecule has 0 saturated heterocycles. The molecule has 1 aromatic heterocycles. The summed E-state index contributed by atoms with van der Waals surface area (Å²) in [6.45, 7) is 3.80. The van der Waals surface area contributed by atoms with E-state index in [-0.39, 0.29) is 24.7 Å². The summed E-state index contributed by atoms with van der Waals surface area (Å²) in [6, 6.07) is 1.74. The zero-order valence-electron chi connectivity index (χ0n) is 9.90. The summed E-state index contributed by atoms with van der Waals surface area (Å²) >= 11 is 0. The Bertz CT molecular complexity index is 400. The maximum absolute atomic E-state index is 11.5. The average molecular weight is 240 g/mol. The second-order valence-electron chi connectivity index (χ2n) is 4.11.